The van der Waals surface area contributed by atoms with Crippen LogP contribution in [0.2, 0.25) is 0 Å². The van der Waals surface area contributed by atoms with Crippen LogP contribution in [-0.4, -0.2) is 38.4 Å². The molecule has 1 aliphatic heterocycles. The largest absolute Gasteiger partial charge is 0.357 e. The molecule has 1 N–H and O–H groups in total. The Labute approximate surface area is 151 Å². The van der Waals surface area contributed by atoms with Crippen molar-refractivity contribution in [3.05, 3.63) is 87.9 Å². The van der Waals surface area contributed by atoms with Gasteiger partial charge in [-0.05, 0) is 41.8 Å². The number of carbonyl (C=O) groups is 1. The van der Waals surface area contributed by atoms with Crippen LogP contribution in [0.5, 0.6) is 0 Å². The molecule has 0 bridgehead atoms. The fourth-order valence-corrected chi connectivity index (χ4v) is 3.48. The van der Waals surface area contributed by atoms with Crippen LogP contribution in [0.1, 0.15) is 27.3 Å². The third-order valence-corrected chi connectivity index (χ3v) is 4.86. The van der Waals surface area contributed by atoms with Crippen molar-refractivity contribution < 1.29 is 4.79 Å². The number of aromatic amines is 1. The minimum Gasteiger partial charge on any atom is -0.357 e. The molecule has 0 atom stereocenters. The molecule has 0 aromatic carbocycles. The first-order chi connectivity index (χ1) is 12.7. The molecule has 6 heteroatoms. The molecule has 6 nitrogen and oxygen atoms in total. The van der Waals surface area contributed by atoms with Gasteiger partial charge in [-0.15, -0.1) is 0 Å². The highest BCUT2D eigenvalue weighted by atomic mass is 16.2. The number of rotatable bonds is 3. The minimum atomic E-state index is -0.00953. The number of amides is 1. The van der Waals surface area contributed by atoms with Gasteiger partial charge >= 0.3 is 0 Å². The molecule has 0 spiro atoms. The van der Waals surface area contributed by atoms with E-state index in [4.69, 9.17) is 0 Å². The fourth-order valence-electron chi connectivity index (χ4n) is 3.48. The summed E-state index contributed by atoms with van der Waals surface area (Å²) in [5.74, 6) is 0.00540. The van der Waals surface area contributed by atoms with E-state index in [1.54, 1.807) is 30.7 Å². The summed E-state index contributed by atoms with van der Waals surface area (Å²) < 4.78 is 1.83. The second-order valence-corrected chi connectivity index (χ2v) is 6.46. The molecular weight excluding hydrogens is 328 g/mol. The lowest BCUT2D eigenvalue weighted by molar-refractivity contribution is 0.0757. The van der Waals surface area contributed by atoms with Gasteiger partial charge in [0.15, 0.2) is 0 Å². The van der Waals surface area contributed by atoms with E-state index in [9.17, 15) is 9.59 Å². The number of nitrogens with zero attached hydrogens (tertiary/aromatic N) is 3. The summed E-state index contributed by atoms with van der Waals surface area (Å²) >= 11 is 0. The van der Waals surface area contributed by atoms with Crippen molar-refractivity contribution in [1.82, 2.24) is 19.4 Å². The lowest BCUT2D eigenvalue weighted by Crippen LogP contribution is -2.33. The van der Waals surface area contributed by atoms with Gasteiger partial charge in [0.05, 0.1) is 6.54 Å². The van der Waals surface area contributed by atoms with Crippen LogP contribution in [-0.2, 0) is 19.4 Å². The van der Waals surface area contributed by atoms with Crippen LogP contribution in [0, 0.1) is 0 Å². The highest BCUT2D eigenvalue weighted by Gasteiger charge is 2.22. The molecule has 1 amide bonds. The Bertz CT molecular complexity index is 961. The summed E-state index contributed by atoms with van der Waals surface area (Å²) in [7, 11) is 0. The third kappa shape index (κ3) is 3.18. The van der Waals surface area contributed by atoms with Crippen molar-refractivity contribution in [2.75, 3.05) is 13.1 Å². The predicted octanol–water partition coefficient (Wildman–Crippen LogP) is 1.86. The van der Waals surface area contributed by atoms with Crippen LogP contribution < -0.4 is 5.56 Å². The maximum atomic E-state index is 12.6. The Balaban J connectivity index is 1.61. The lowest BCUT2D eigenvalue weighted by atomic mass is 10.1. The summed E-state index contributed by atoms with van der Waals surface area (Å²) in [6, 6.07) is 11.0. The predicted molar refractivity (Wildman–Crippen MR) is 98.1 cm³/mol. The van der Waals surface area contributed by atoms with Crippen molar-refractivity contribution in [3.63, 3.8) is 0 Å². The number of fused-ring (bicyclic) bond motifs is 1. The summed E-state index contributed by atoms with van der Waals surface area (Å²) in [6.07, 6.45) is 6.64. The van der Waals surface area contributed by atoms with Gasteiger partial charge in [-0.1, -0.05) is 6.07 Å². The number of H-pyrrole nitrogens is 1. The van der Waals surface area contributed by atoms with E-state index >= 15 is 0 Å². The van der Waals surface area contributed by atoms with E-state index in [1.165, 1.54) is 0 Å². The second kappa shape index (κ2) is 7.00. The topological polar surface area (TPSA) is 71.0 Å². The average Bonchev–Trinajstić information content (AvgIpc) is 3.12. The number of pyridine rings is 2. The average molecular weight is 348 g/mol. The van der Waals surface area contributed by atoms with Crippen molar-refractivity contribution in [2.45, 2.75) is 19.4 Å². The minimum absolute atomic E-state index is 0.00540. The molecule has 26 heavy (non-hydrogen) atoms. The molecule has 1 aliphatic rings. The smallest absolute Gasteiger partial charge is 0.270 e. The summed E-state index contributed by atoms with van der Waals surface area (Å²) in [4.78, 5) is 34.0. The van der Waals surface area contributed by atoms with Gasteiger partial charge in [0.1, 0.15) is 5.69 Å². The Morgan fingerprint density at radius 3 is 2.65 bits per heavy atom. The number of hydrogen-bond donors (Lipinski definition) is 1. The van der Waals surface area contributed by atoms with E-state index in [0.717, 1.165) is 23.2 Å². The van der Waals surface area contributed by atoms with E-state index in [1.807, 2.05) is 33.7 Å². The second-order valence-electron chi connectivity index (χ2n) is 6.46. The first-order valence-electron chi connectivity index (χ1n) is 8.75. The maximum absolute atomic E-state index is 12.6. The molecule has 3 aromatic rings. The highest BCUT2D eigenvalue weighted by Crippen LogP contribution is 2.17. The Morgan fingerprint density at radius 1 is 1.08 bits per heavy atom. The van der Waals surface area contributed by atoms with Crippen molar-refractivity contribution in [2.24, 2.45) is 0 Å². The third-order valence-electron chi connectivity index (χ3n) is 4.86. The van der Waals surface area contributed by atoms with Crippen molar-refractivity contribution in [3.8, 4) is 0 Å². The number of nitrogens with one attached hydrogen (secondary N) is 1. The van der Waals surface area contributed by atoms with E-state index in [-0.39, 0.29) is 11.5 Å². The Kier molecular flexibility index (Phi) is 4.39. The molecule has 0 saturated heterocycles. The Morgan fingerprint density at radius 2 is 1.88 bits per heavy atom. The van der Waals surface area contributed by atoms with Crippen LogP contribution in [0.25, 0.3) is 0 Å². The summed E-state index contributed by atoms with van der Waals surface area (Å²) in [5, 5.41) is 0. The zero-order valence-electron chi connectivity index (χ0n) is 14.4. The summed E-state index contributed by atoms with van der Waals surface area (Å²) in [5.41, 5.74) is 3.80. The fraction of sp³-hybridized carbons (Fsp3) is 0.250. The zero-order chi connectivity index (χ0) is 17.9. The lowest BCUT2D eigenvalue weighted by Gasteiger charge is -2.19. The number of hydrogen-bond acceptors (Lipinski definition) is 3. The summed E-state index contributed by atoms with van der Waals surface area (Å²) in [6.45, 7) is 1.78. The number of aromatic nitrogens is 3. The van der Waals surface area contributed by atoms with Gasteiger partial charge in [-0.2, -0.15) is 0 Å². The van der Waals surface area contributed by atoms with Crippen molar-refractivity contribution in [1.29, 1.82) is 0 Å². The normalized spacial score (nSPS) is 13.9. The quantitative estimate of drug-likeness (QED) is 0.785. The zero-order valence-corrected chi connectivity index (χ0v) is 14.4. The van der Waals surface area contributed by atoms with Gasteiger partial charge in [-0.25, -0.2) is 0 Å². The van der Waals surface area contributed by atoms with E-state index in [0.29, 0.717) is 31.7 Å². The van der Waals surface area contributed by atoms with Gasteiger partial charge < -0.3 is 14.5 Å². The first-order valence-corrected chi connectivity index (χ1v) is 8.75. The monoisotopic (exact) mass is 348 g/mol. The maximum Gasteiger partial charge on any atom is 0.270 e. The molecule has 0 aliphatic carbocycles. The highest BCUT2D eigenvalue weighted by molar-refractivity contribution is 5.92. The van der Waals surface area contributed by atoms with E-state index in [2.05, 4.69) is 9.97 Å². The van der Waals surface area contributed by atoms with Crippen LogP contribution >= 0.6 is 0 Å². The molecular formula is C20H20N4O2. The van der Waals surface area contributed by atoms with Gasteiger partial charge in [0.2, 0.25) is 0 Å². The molecule has 3 aromatic heterocycles. The van der Waals surface area contributed by atoms with Crippen LogP contribution in [0.15, 0.2) is 59.8 Å². The number of carbonyl (C=O) groups excluding carboxylic acids is 1. The Hall–Kier alpha value is -3.15. The molecule has 0 unspecified atom stereocenters. The molecule has 132 valence electrons. The van der Waals surface area contributed by atoms with Gasteiger partial charge in [-0.3, -0.25) is 14.6 Å². The first kappa shape index (κ1) is 16.3. The molecule has 0 radical (unpaired) electrons. The van der Waals surface area contributed by atoms with E-state index < -0.39 is 0 Å². The van der Waals surface area contributed by atoms with Gasteiger partial charge in [0.25, 0.3) is 11.5 Å². The standard InChI is InChI=1S/C20H20N4O2/c25-19-4-3-16-7-12-23(20(26)17-2-1-9-22-17)13-8-18(16)24(19)14-15-5-10-21-11-6-15/h1-6,9-11,22H,7-8,12-14H2. The van der Waals surface area contributed by atoms with Crippen LogP contribution in [0.4, 0.5) is 0 Å². The molecule has 4 heterocycles. The molecule has 0 fully saturated rings. The van der Waals surface area contributed by atoms with Crippen LogP contribution in [0.3, 0.4) is 0 Å². The van der Waals surface area contributed by atoms with Crippen molar-refractivity contribution >= 4 is 5.91 Å². The molecule has 0 saturated carbocycles. The molecule has 4 rings (SSSR count). The SMILES string of the molecule is O=C(c1ccc[nH]1)N1CCc2ccc(=O)n(Cc3ccncc3)c2CC1. The van der Waals surface area contributed by atoms with Gasteiger partial charge in [0, 0.05) is 49.9 Å².